The van der Waals surface area contributed by atoms with E-state index in [1.807, 2.05) is 12.1 Å². The zero-order chi connectivity index (χ0) is 18.1. The van der Waals surface area contributed by atoms with Crippen LogP contribution in [0.15, 0.2) is 65.7 Å². The van der Waals surface area contributed by atoms with Gasteiger partial charge in [-0.1, -0.05) is 46.3 Å². The summed E-state index contributed by atoms with van der Waals surface area (Å²) in [6, 6.07) is 13.6. The van der Waals surface area contributed by atoms with E-state index in [4.69, 9.17) is 0 Å². The summed E-state index contributed by atoms with van der Waals surface area (Å²) in [7, 11) is 0. The Kier molecular flexibility index (Phi) is 4.96. The molecule has 0 spiro atoms. The van der Waals surface area contributed by atoms with Crippen LogP contribution in [-0.2, 0) is 5.54 Å². The maximum atomic E-state index is 14.4. The van der Waals surface area contributed by atoms with Gasteiger partial charge in [-0.05, 0) is 54.2 Å². The van der Waals surface area contributed by atoms with E-state index < -0.39 is 11.7 Å². The Morgan fingerprint density at radius 1 is 1.08 bits per heavy atom. The molecule has 3 rings (SSSR count). The van der Waals surface area contributed by atoms with Crippen molar-refractivity contribution in [1.82, 2.24) is 0 Å². The SMILES string of the molecule is C=CCC(Nc1ccc(Br)cc1)(c1ccccc1C1CC1)C(F)(F)F. The molecule has 0 saturated heterocycles. The molecule has 0 aliphatic heterocycles. The lowest BCUT2D eigenvalue weighted by Gasteiger charge is -2.38. The third-order valence-electron chi connectivity index (χ3n) is 4.57. The highest BCUT2D eigenvalue weighted by molar-refractivity contribution is 9.10. The highest BCUT2D eigenvalue weighted by atomic mass is 79.9. The summed E-state index contributed by atoms with van der Waals surface area (Å²) in [5.41, 5.74) is -0.686. The number of benzene rings is 2. The lowest BCUT2D eigenvalue weighted by molar-refractivity contribution is -0.181. The van der Waals surface area contributed by atoms with Gasteiger partial charge in [0.15, 0.2) is 5.54 Å². The number of rotatable bonds is 6. The zero-order valence-electron chi connectivity index (χ0n) is 13.6. The number of anilines is 1. The highest BCUT2D eigenvalue weighted by Crippen LogP contribution is 2.50. The maximum Gasteiger partial charge on any atom is 0.416 e. The lowest BCUT2D eigenvalue weighted by atomic mass is 9.81. The van der Waals surface area contributed by atoms with Crippen molar-refractivity contribution in [2.24, 2.45) is 0 Å². The van der Waals surface area contributed by atoms with Gasteiger partial charge in [-0.25, -0.2) is 0 Å². The Bertz CT molecular complexity index is 750. The van der Waals surface area contributed by atoms with Crippen LogP contribution in [-0.4, -0.2) is 6.18 Å². The van der Waals surface area contributed by atoms with Gasteiger partial charge in [0.25, 0.3) is 0 Å². The number of hydrogen-bond donors (Lipinski definition) is 1. The molecule has 132 valence electrons. The van der Waals surface area contributed by atoms with Crippen LogP contribution in [0.2, 0.25) is 0 Å². The first-order chi connectivity index (χ1) is 11.9. The molecule has 2 aromatic carbocycles. The largest absolute Gasteiger partial charge is 0.416 e. The van der Waals surface area contributed by atoms with Gasteiger partial charge in [0, 0.05) is 16.6 Å². The van der Waals surface area contributed by atoms with Crippen molar-refractivity contribution in [3.8, 4) is 0 Å². The van der Waals surface area contributed by atoms with Crippen LogP contribution in [0, 0.1) is 0 Å². The van der Waals surface area contributed by atoms with E-state index in [9.17, 15) is 13.2 Å². The maximum absolute atomic E-state index is 14.4. The Balaban J connectivity index is 2.14. The molecule has 1 fully saturated rings. The van der Waals surface area contributed by atoms with Crippen molar-refractivity contribution in [2.75, 3.05) is 5.32 Å². The van der Waals surface area contributed by atoms with Gasteiger partial charge in [0.1, 0.15) is 0 Å². The van der Waals surface area contributed by atoms with Crippen molar-refractivity contribution in [1.29, 1.82) is 0 Å². The molecule has 0 aromatic heterocycles. The lowest BCUT2D eigenvalue weighted by Crippen LogP contribution is -2.49. The second-order valence-corrected chi connectivity index (χ2v) is 7.30. The van der Waals surface area contributed by atoms with Crippen molar-refractivity contribution in [2.45, 2.75) is 36.9 Å². The van der Waals surface area contributed by atoms with Gasteiger partial charge >= 0.3 is 6.18 Å². The molecule has 0 amide bonds. The van der Waals surface area contributed by atoms with E-state index in [2.05, 4.69) is 27.8 Å². The van der Waals surface area contributed by atoms with Crippen molar-refractivity contribution in [3.05, 3.63) is 76.8 Å². The van der Waals surface area contributed by atoms with Gasteiger partial charge < -0.3 is 5.32 Å². The summed E-state index contributed by atoms with van der Waals surface area (Å²) in [6.07, 6.45) is -1.49. The monoisotopic (exact) mass is 409 g/mol. The normalized spacial score (nSPS) is 17.0. The number of hydrogen-bond acceptors (Lipinski definition) is 1. The quantitative estimate of drug-likeness (QED) is 0.518. The van der Waals surface area contributed by atoms with Gasteiger partial charge in [0.2, 0.25) is 0 Å². The predicted octanol–water partition coefficient (Wildman–Crippen LogP) is 6.77. The molecular weight excluding hydrogens is 391 g/mol. The highest BCUT2D eigenvalue weighted by Gasteiger charge is 2.56. The van der Waals surface area contributed by atoms with E-state index in [-0.39, 0.29) is 12.3 Å². The van der Waals surface area contributed by atoms with Gasteiger partial charge in [-0.3, -0.25) is 0 Å². The summed E-state index contributed by atoms with van der Waals surface area (Å²) in [4.78, 5) is 0. The standard InChI is InChI=1S/C20H19BrF3N/c1-2-13-19(20(22,23)24,25-16-11-9-15(21)10-12-16)18-6-4-3-5-17(18)14-7-8-14/h2-6,9-12,14,25H,1,7-8,13H2. The zero-order valence-corrected chi connectivity index (χ0v) is 15.2. The summed E-state index contributed by atoms with van der Waals surface area (Å²) in [5.74, 6) is 0.217. The van der Waals surface area contributed by atoms with E-state index in [0.29, 0.717) is 11.3 Å². The smallest absolute Gasteiger partial charge is 0.368 e. The second-order valence-electron chi connectivity index (χ2n) is 6.39. The molecule has 25 heavy (non-hydrogen) atoms. The van der Waals surface area contributed by atoms with E-state index in [1.165, 1.54) is 6.08 Å². The minimum atomic E-state index is -4.47. The summed E-state index contributed by atoms with van der Waals surface area (Å²) < 4.78 is 43.9. The molecule has 1 saturated carbocycles. The molecule has 1 aliphatic carbocycles. The van der Waals surface area contributed by atoms with Gasteiger partial charge in [-0.2, -0.15) is 13.2 Å². The van der Waals surface area contributed by atoms with Crippen LogP contribution < -0.4 is 5.32 Å². The first-order valence-electron chi connectivity index (χ1n) is 8.18. The van der Waals surface area contributed by atoms with E-state index in [1.54, 1.807) is 36.4 Å². The number of nitrogens with one attached hydrogen (secondary N) is 1. The van der Waals surface area contributed by atoms with Crippen LogP contribution in [0.3, 0.4) is 0 Å². The molecule has 0 radical (unpaired) electrons. The minimum Gasteiger partial charge on any atom is -0.368 e. The Hall–Kier alpha value is -1.75. The van der Waals surface area contributed by atoms with Crippen LogP contribution in [0.25, 0.3) is 0 Å². The fourth-order valence-electron chi connectivity index (χ4n) is 3.20. The summed E-state index contributed by atoms with van der Waals surface area (Å²) in [5, 5.41) is 2.78. The predicted molar refractivity (Wildman–Crippen MR) is 98.7 cm³/mol. The summed E-state index contributed by atoms with van der Waals surface area (Å²) >= 11 is 3.31. The fraction of sp³-hybridized carbons (Fsp3) is 0.300. The van der Waals surface area contributed by atoms with Crippen LogP contribution in [0.1, 0.15) is 36.3 Å². The van der Waals surface area contributed by atoms with Crippen molar-refractivity contribution in [3.63, 3.8) is 0 Å². The van der Waals surface area contributed by atoms with E-state index >= 15 is 0 Å². The Morgan fingerprint density at radius 2 is 1.72 bits per heavy atom. The summed E-state index contributed by atoms with van der Waals surface area (Å²) in [6.45, 7) is 3.58. The molecule has 1 nitrogen and oxygen atoms in total. The average molecular weight is 410 g/mol. The topological polar surface area (TPSA) is 12.0 Å². The van der Waals surface area contributed by atoms with Crippen LogP contribution in [0.5, 0.6) is 0 Å². The molecule has 5 heteroatoms. The first kappa shape index (κ1) is 18.1. The third-order valence-corrected chi connectivity index (χ3v) is 5.10. The van der Waals surface area contributed by atoms with Crippen LogP contribution >= 0.6 is 15.9 Å². The number of alkyl halides is 3. The van der Waals surface area contributed by atoms with Gasteiger partial charge in [-0.15, -0.1) is 6.58 Å². The van der Waals surface area contributed by atoms with Crippen molar-refractivity contribution < 1.29 is 13.2 Å². The van der Waals surface area contributed by atoms with Gasteiger partial charge in [0.05, 0.1) is 0 Å². The molecule has 0 heterocycles. The third kappa shape index (κ3) is 3.61. The van der Waals surface area contributed by atoms with E-state index in [0.717, 1.165) is 22.9 Å². The minimum absolute atomic E-state index is 0.217. The molecule has 0 bridgehead atoms. The van der Waals surface area contributed by atoms with Crippen molar-refractivity contribution >= 4 is 21.6 Å². The Labute approximate surface area is 154 Å². The fourth-order valence-corrected chi connectivity index (χ4v) is 3.46. The molecule has 1 aliphatic rings. The van der Waals surface area contributed by atoms with Crippen LogP contribution in [0.4, 0.5) is 18.9 Å². The molecule has 1 atom stereocenters. The molecule has 1 N–H and O–H groups in total. The number of halogens is 4. The Morgan fingerprint density at radius 3 is 2.28 bits per heavy atom. The average Bonchev–Trinajstić information content (AvgIpc) is 3.40. The molecular formula is C20H19BrF3N. The first-order valence-corrected chi connectivity index (χ1v) is 8.97. The second kappa shape index (κ2) is 6.87. The molecule has 1 unspecified atom stereocenters. The molecule has 2 aromatic rings.